The Morgan fingerprint density at radius 2 is 1.97 bits per heavy atom. The Morgan fingerprint density at radius 3 is 2.59 bits per heavy atom. The maximum atomic E-state index is 13.3. The van der Waals surface area contributed by atoms with Crippen LogP contribution in [0.15, 0.2) is 22.1 Å². The maximum absolute atomic E-state index is 13.3. The Bertz CT molecular complexity index is 1460. The van der Waals surface area contributed by atoms with Crippen LogP contribution >= 0.6 is 0 Å². The van der Waals surface area contributed by atoms with Crippen molar-refractivity contribution in [3.63, 3.8) is 0 Å². The smallest absolute Gasteiger partial charge is 0.326 e. The van der Waals surface area contributed by atoms with Crippen LogP contribution in [0.1, 0.15) is 25.0 Å². The van der Waals surface area contributed by atoms with E-state index in [1.54, 1.807) is 16.8 Å². The lowest BCUT2D eigenvalue weighted by Crippen LogP contribution is -2.50. The second-order valence-corrected chi connectivity index (χ2v) is 8.98. The summed E-state index contributed by atoms with van der Waals surface area (Å²) in [6, 6.07) is 2.07. The van der Waals surface area contributed by atoms with Gasteiger partial charge in [-0.05, 0) is 18.9 Å². The lowest BCUT2D eigenvalue weighted by molar-refractivity contribution is -0.135. The number of aromatic nitrogens is 5. The van der Waals surface area contributed by atoms with Crippen molar-refractivity contribution in [1.29, 1.82) is 0 Å². The summed E-state index contributed by atoms with van der Waals surface area (Å²) in [5.41, 5.74) is 0.797. The van der Waals surface area contributed by atoms with Crippen molar-refractivity contribution in [3.8, 4) is 5.88 Å². The minimum atomic E-state index is -2.87. The molecule has 178 valence electrons. The van der Waals surface area contributed by atoms with Crippen LogP contribution in [-0.4, -0.2) is 78.6 Å². The molecule has 1 aliphatic heterocycles. The van der Waals surface area contributed by atoms with Gasteiger partial charge in [0.2, 0.25) is 11.8 Å². The van der Waals surface area contributed by atoms with E-state index in [-0.39, 0.29) is 24.0 Å². The fourth-order valence-electron chi connectivity index (χ4n) is 4.20. The van der Waals surface area contributed by atoms with E-state index < -0.39 is 23.4 Å². The van der Waals surface area contributed by atoms with Gasteiger partial charge in [-0.25, -0.2) is 18.6 Å². The third-order valence-corrected chi connectivity index (χ3v) is 6.40. The van der Waals surface area contributed by atoms with Crippen molar-refractivity contribution in [3.05, 3.63) is 39.1 Å². The van der Waals surface area contributed by atoms with E-state index >= 15 is 0 Å². The van der Waals surface area contributed by atoms with Crippen molar-refractivity contribution in [2.45, 2.75) is 31.2 Å². The standard InChI is InChI=1S/C21H22F2N8O3/c22-21(23)9-13(21)19(33)30-5-3-29(4-6-30)15-8-16(25-12-1-2-12)31-17(27-15)11(10-24-31)7-14-18(32)28-20(34)26-14/h7-8,10,12-13,32H,1-6,9H2,(H2,26,28,34)/b11-7+,25-16?. The molecule has 6 rings (SSSR count). The molecule has 1 amide bonds. The summed E-state index contributed by atoms with van der Waals surface area (Å²) in [7, 11) is 0. The van der Waals surface area contributed by atoms with Gasteiger partial charge >= 0.3 is 5.69 Å². The topological polar surface area (TPSA) is 135 Å². The van der Waals surface area contributed by atoms with Crippen molar-refractivity contribution < 1.29 is 18.7 Å². The van der Waals surface area contributed by atoms with Crippen LogP contribution in [0, 0.1) is 5.92 Å². The molecule has 3 aliphatic rings. The molecule has 1 saturated heterocycles. The number of H-pyrrole nitrogens is 2. The quantitative estimate of drug-likeness (QED) is 0.463. The summed E-state index contributed by atoms with van der Waals surface area (Å²) in [6.45, 7) is 1.58. The van der Waals surface area contributed by atoms with E-state index in [1.165, 1.54) is 4.90 Å². The molecule has 0 radical (unpaired) electrons. The Hall–Kier alpha value is -3.77. The van der Waals surface area contributed by atoms with E-state index in [2.05, 4.69) is 15.1 Å². The third kappa shape index (κ3) is 3.70. The molecule has 3 aromatic rings. The van der Waals surface area contributed by atoms with Gasteiger partial charge in [-0.1, -0.05) is 0 Å². The number of fused-ring (bicyclic) bond motifs is 1. The van der Waals surface area contributed by atoms with Crippen LogP contribution in [0.3, 0.4) is 0 Å². The number of imidazole rings is 1. The number of hydrogen-bond acceptors (Lipinski definition) is 7. The first-order chi connectivity index (χ1) is 16.3. The van der Waals surface area contributed by atoms with Crippen LogP contribution in [0.25, 0.3) is 11.7 Å². The number of carbonyl (C=O) groups excluding carboxylic acids is 1. The fraction of sp³-hybridized carbons (Fsp3) is 0.476. The molecule has 1 atom stereocenters. The number of anilines is 1. The number of nitrogens with zero attached hydrogens (tertiary/aromatic N) is 6. The fourth-order valence-corrected chi connectivity index (χ4v) is 4.20. The molecule has 3 N–H and O–H groups in total. The maximum Gasteiger partial charge on any atom is 0.326 e. The van der Waals surface area contributed by atoms with Crippen LogP contribution in [-0.2, 0) is 4.79 Å². The first-order valence-corrected chi connectivity index (χ1v) is 11.2. The molecular weight excluding hydrogens is 450 g/mol. The third-order valence-electron chi connectivity index (χ3n) is 6.40. The number of hydrogen-bond donors (Lipinski definition) is 3. The summed E-state index contributed by atoms with van der Waals surface area (Å²) >= 11 is 0. The Balaban J connectivity index is 1.34. The largest absolute Gasteiger partial charge is 0.493 e. The highest BCUT2D eigenvalue weighted by Gasteiger charge is 2.62. The summed E-state index contributed by atoms with van der Waals surface area (Å²) in [5, 5.41) is 14.9. The monoisotopic (exact) mass is 472 g/mol. The molecule has 2 aliphatic carbocycles. The Morgan fingerprint density at radius 1 is 1.24 bits per heavy atom. The van der Waals surface area contributed by atoms with E-state index in [0.717, 1.165) is 12.8 Å². The molecular formula is C21H22F2N8O3. The highest BCUT2D eigenvalue weighted by atomic mass is 19.3. The Kier molecular flexibility index (Phi) is 4.51. The van der Waals surface area contributed by atoms with Crippen molar-refractivity contribution >= 4 is 23.4 Å². The second-order valence-electron chi connectivity index (χ2n) is 8.98. The lowest BCUT2D eigenvalue weighted by atomic mass is 10.2. The number of halogens is 2. The Labute approximate surface area is 190 Å². The van der Waals surface area contributed by atoms with E-state index in [9.17, 15) is 23.5 Å². The minimum Gasteiger partial charge on any atom is -0.493 e. The van der Waals surface area contributed by atoms with Gasteiger partial charge in [-0.3, -0.25) is 14.8 Å². The summed E-state index contributed by atoms with van der Waals surface area (Å²) < 4.78 is 28.2. The first kappa shape index (κ1) is 20.8. The van der Waals surface area contributed by atoms with Crippen molar-refractivity contribution in [2.24, 2.45) is 10.9 Å². The number of alkyl halides is 2. The second kappa shape index (κ2) is 7.37. The summed E-state index contributed by atoms with van der Waals surface area (Å²) in [6.07, 6.45) is 4.79. The van der Waals surface area contributed by atoms with E-state index in [1.807, 2.05) is 11.0 Å². The van der Waals surface area contributed by atoms with Crippen LogP contribution in [0.2, 0.25) is 0 Å². The van der Waals surface area contributed by atoms with E-state index in [4.69, 9.17) is 9.98 Å². The normalized spacial score (nSPS) is 23.2. The van der Waals surface area contributed by atoms with Gasteiger partial charge < -0.3 is 19.9 Å². The molecule has 13 heteroatoms. The predicted octanol–water partition coefficient (Wildman–Crippen LogP) is -0.634. The lowest BCUT2D eigenvalue weighted by Gasteiger charge is -2.35. The number of aromatic hydroxyl groups is 1. The molecule has 0 spiro atoms. The molecule has 2 saturated carbocycles. The van der Waals surface area contributed by atoms with Crippen LogP contribution < -0.4 is 21.3 Å². The zero-order valence-corrected chi connectivity index (χ0v) is 18.0. The minimum absolute atomic E-state index is 0.205. The number of aromatic amines is 2. The first-order valence-electron chi connectivity index (χ1n) is 11.2. The molecule has 0 aromatic carbocycles. The highest BCUT2D eigenvalue weighted by Crippen LogP contribution is 2.49. The molecule has 3 aromatic heterocycles. The number of piperazine rings is 1. The SMILES string of the molecule is O=C(C1CC1(F)F)N1CCN(c2cc(=NC3CC3)n3nc/c(=C\c4[nH]c(=O)[nH]c4O)c3n2)CC1. The highest BCUT2D eigenvalue weighted by molar-refractivity contribution is 5.83. The number of rotatable bonds is 4. The molecule has 4 heterocycles. The summed E-state index contributed by atoms with van der Waals surface area (Å²) in [4.78, 5) is 41.6. The zero-order valence-electron chi connectivity index (χ0n) is 18.0. The van der Waals surface area contributed by atoms with Gasteiger partial charge in [0.1, 0.15) is 17.4 Å². The average Bonchev–Trinajstić information content (AvgIpc) is 3.66. The van der Waals surface area contributed by atoms with Crippen LogP contribution in [0.4, 0.5) is 14.6 Å². The molecule has 1 unspecified atom stereocenters. The molecule has 11 nitrogen and oxygen atoms in total. The van der Waals surface area contributed by atoms with Crippen LogP contribution in [0.5, 0.6) is 5.88 Å². The van der Waals surface area contributed by atoms with Crippen molar-refractivity contribution in [1.82, 2.24) is 29.5 Å². The van der Waals surface area contributed by atoms with E-state index in [0.29, 0.717) is 48.4 Å². The van der Waals surface area contributed by atoms with Gasteiger partial charge in [-0.2, -0.15) is 9.61 Å². The molecule has 34 heavy (non-hydrogen) atoms. The van der Waals surface area contributed by atoms with Crippen molar-refractivity contribution in [2.75, 3.05) is 31.1 Å². The van der Waals surface area contributed by atoms with Gasteiger partial charge in [0.15, 0.2) is 11.1 Å². The number of amides is 1. The number of nitrogens with one attached hydrogen (secondary N) is 2. The van der Waals surface area contributed by atoms with Gasteiger partial charge in [-0.15, -0.1) is 0 Å². The van der Waals surface area contributed by atoms with Gasteiger partial charge in [0, 0.05) is 43.9 Å². The number of carbonyl (C=O) groups is 1. The summed E-state index contributed by atoms with van der Waals surface area (Å²) in [5.74, 6) is -4.18. The van der Waals surface area contributed by atoms with Gasteiger partial charge in [0.25, 0.3) is 5.92 Å². The molecule has 3 fully saturated rings. The van der Waals surface area contributed by atoms with Gasteiger partial charge in [0.05, 0.1) is 12.2 Å². The molecule has 0 bridgehead atoms. The average molecular weight is 472 g/mol. The predicted molar refractivity (Wildman–Crippen MR) is 115 cm³/mol. The zero-order chi connectivity index (χ0) is 23.6.